The fraction of sp³-hybridized carbons (Fsp3) is 0.615. The van der Waals surface area contributed by atoms with Crippen LogP contribution in [-0.2, 0) is 0 Å². The molecule has 0 aliphatic rings. The summed E-state index contributed by atoms with van der Waals surface area (Å²) in [5, 5.41) is 12.1. The van der Waals surface area contributed by atoms with Gasteiger partial charge < -0.3 is 19.7 Å². The van der Waals surface area contributed by atoms with E-state index >= 15 is 0 Å². The van der Waals surface area contributed by atoms with Crippen LogP contribution in [0.5, 0.6) is 0 Å². The molecule has 0 aromatic carbocycles. The van der Waals surface area contributed by atoms with E-state index in [1.807, 2.05) is 6.92 Å². The Morgan fingerprint density at radius 2 is 2.11 bits per heavy atom. The lowest BCUT2D eigenvalue weighted by Gasteiger charge is -2.19. The summed E-state index contributed by atoms with van der Waals surface area (Å²) in [6.07, 6.45) is 0. The Morgan fingerprint density at radius 3 is 2.61 bits per heavy atom. The number of rotatable bonds is 8. The molecular formula is C13H22N2O3. The van der Waals surface area contributed by atoms with E-state index in [9.17, 15) is 4.79 Å². The topological polar surface area (TPSA) is 65.7 Å². The van der Waals surface area contributed by atoms with Crippen LogP contribution in [0.2, 0.25) is 0 Å². The first-order chi connectivity index (χ1) is 8.58. The van der Waals surface area contributed by atoms with Gasteiger partial charge in [0.15, 0.2) is 0 Å². The first kappa shape index (κ1) is 14.7. The summed E-state index contributed by atoms with van der Waals surface area (Å²) in [6.45, 7) is 10.1. The zero-order chi connectivity index (χ0) is 13.5. The van der Waals surface area contributed by atoms with Crippen molar-refractivity contribution in [2.24, 2.45) is 0 Å². The van der Waals surface area contributed by atoms with Crippen molar-refractivity contribution >= 4 is 5.97 Å². The smallest absolute Gasteiger partial charge is 0.371 e. The molecule has 1 atom stereocenters. The normalized spacial score (nSPS) is 12.9. The highest BCUT2D eigenvalue weighted by Crippen LogP contribution is 2.15. The molecule has 0 saturated carbocycles. The van der Waals surface area contributed by atoms with Crippen LogP contribution in [-0.4, -0.2) is 42.2 Å². The number of carboxylic acids is 1. The molecule has 18 heavy (non-hydrogen) atoms. The Balaban J connectivity index is 2.40. The Morgan fingerprint density at radius 1 is 1.44 bits per heavy atom. The van der Waals surface area contributed by atoms with E-state index in [1.165, 1.54) is 6.07 Å². The van der Waals surface area contributed by atoms with Gasteiger partial charge in [-0.25, -0.2) is 4.79 Å². The van der Waals surface area contributed by atoms with Crippen LogP contribution in [0.4, 0.5) is 0 Å². The van der Waals surface area contributed by atoms with Gasteiger partial charge in [0.2, 0.25) is 5.76 Å². The number of furan rings is 1. The molecule has 0 radical (unpaired) electrons. The Kier molecular flexibility index (Phi) is 5.88. The Hall–Kier alpha value is -1.33. The summed E-state index contributed by atoms with van der Waals surface area (Å²) in [5.74, 6) is -0.383. The van der Waals surface area contributed by atoms with Crippen molar-refractivity contribution in [2.45, 2.75) is 26.8 Å². The van der Waals surface area contributed by atoms with Crippen molar-refractivity contribution < 1.29 is 14.3 Å². The maximum absolute atomic E-state index is 10.7. The summed E-state index contributed by atoms with van der Waals surface area (Å²) in [6, 6.07) is 3.22. The lowest BCUT2D eigenvalue weighted by molar-refractivity contribution is 0.0659. The Labute approximate surface area is 108 Å². The van der Waals surface area contributed by atoms with E-state index in [2.05, 4.69) is 24.1 Å². The number of nitrogens with zero attached hydrogens (tertiary/aromatic N) is 1. The van der Waals surface area contributed by atoms with Crippen molar-refractivity contribution in [3.8, 4) is 0 Å². The second-order valence-corrected chi connectivity index (χ2v) is 4.21. The number of nitrogens with one attached hydrogen (secondary N) is 1. The minimum atomic E-state index is -1.03. The van der Waals surface area contributed by atoms with Gasteiger partial charge in [0.1, 0.15) is 5.76 Å². The van der Waals surface area contributed by atoms with Gasteiger partial charge in [-0.1, -0.05) is 13.8 Å². The van der Waals surface area contributed by atoms with E-state index in [-0.39, 0.29) is 11.8 Å². The highest BCUT2D eigenvalue weighted by atomic mass is 16.4. The quantitative estimate of drug-likeness (QED) is 0.742. The SMILES string of the molecule is CCN(CC)CCNC(C)c1ccc(C(=O)O)o1. The predicted molar refractivity (Wildman–Crippen MR) is 69.9 cm³/mol. The number of carboxylic acid groups (broad SMARTS) is 1. The number of hydrogen-bond acceptors (Lipinski definition) is 4. The monoisotopic (exact) mass is 254 g/mol. The van der Waals surface area contributed by atoms with Crippen LogP contribution in [0.1, 0.15) is 43.1 Å². The van der Waals surface area contributed by atoms with E-state index in [1.54, 1.807) is 6.07 Å². The molecule has 0 aliphatic carbocycles. The minimum absolute atomic E-state index is 0.0117. The Bertz CT molecular complexity index is 372. The molecule has 1 aromatic heterocycles. The summed E-state index contributed by atoms with van der Waals surface area (Å²) in [7, 11) is 0. The fourth-order valence-corrected chi connectivity index (χ4v) is 1.78. The van der Waals surface area contributed by atoms with E-state index in [4.69, 9.17) is 9.52 Å². The van der Waals surface area contributed by atoms with Crippen molar-refractivity contribution in [1.82, 2.24) is 10.2 Å². The van der Waals surface area contributed by atoms with Gasteiger partial charge in [-0.05, 0) is 32.1 Å². The summed E-state index contributed by atoms with van der Waals surface area (Å²) >= 11 is 0. The summed E-state index contributed by atoms with van der Waals surface area (Å²) < 4.78 is 5.24. The molecule has 0 amide bonds. The highest BCUT2D eigenvalue weighted by Gasteiger charge is 2.13. The summed E-state index contributed by atoms with van der Waals surface area (Å²) in [5.41, 5.74) is 0. The molecule has 0 spiro atoms. The average Bonchev–Trinajstić information content (AvgIpc) is 2.84. The fourth-order valence-electron chi connectivity index (χ4n) is 1.78. The number of likely N-dealkylation sites (N-methyl/N-ethyl adjacent to an activating group) is 1. The molecular weight excluding hydrogens is 232 g/mol. The number of hydrogen-bond donors (Lipinski definition) is 2. The summed E-state index contributed by atoms with van der Waals surface area (Å²) in [4.78, 5) is 13.0. The van der Waals surface area contributed by atoms with Crippen LogP contribution >= 0.6 is 0 Å². The molecule has 1 rings (SSSR count). The van der Waals surface area contributed by atoms with Gasteiger partial charge in [0.25, 0.3) is 0 Å². The van der Waals surface area contributed by atoms with Crippen molar-refractivity contribution in [2.75, 3.05) is 26.2 Å². The molecule has 2 N–H and O–H groups in total. The van der Waals surface area contributed by atoms with E-state index in [0.717, 1.165) is 26.2 Å². The van der Waals surface area contributed by atoms with Crippen LogP contribution in [0.25, 0.3) is 0 Å². The van der Waals surface area contributed by atoms with Crippen LogP contribution in [0.15, 0.2) is 16.5 Å². The zero-order valence-corrected chi connectivity index (χ0v) is 11.3. The van der Waals surface area contributed by atoms with Gasteiger partial charge in [0.05, 0.1) is 6.04 Å². The third-order valence-corrected chi connectivity index (χ3v) is 3.04. The lowest BCUT2D eigenvalue weighted by atomic mass is 10.2. The predicted octanol–water partition coefficient (Wildman–Crippen LogP) is 1.97. The zero-order valence-electron chi connectivity index (χ0n) is 11.3. The van der Waals surface area contributed by atoms with Gasteiger partial charge in [0, 0.05) is 13.1 Å². The third-order valence-electron chi connectivity index (χ3n) is 3.04. The van der Waals surface area contributed by atoms with E-state index < -0.39 is 5.97 Å². The van der Waals surface area contributed by atoms with Crippen molar-refractivity contribution in [3.63, 3.8) is 0 Å². The van der Waals surface area contributed by atoms with Gasteiger partial charge >= 0.3 is 5.97 Å². The molecule has 102 valence electrons. The molecule has 5 heteroatoms. The second kappa shape index (κ2) is 7.18. The number of carbonyl (C=O) groups is 1. The maximum atomic E-state index is 10.7. The molecule has 5 nitrogen and oxygen atoms in total. The molecule has 0 aliphatic heterocycles. The average molecular weight is 254 g/mol. The van der Waals surface area contributed by atoms with Gasteiger partial charge in [-0.2, -0.15) is 0 Å². The minimum Gasteiger partial charge on any atom is -0.475 e. The molecule has 1 unspecified atom stereocenters. The molecule has 0 fully saturated rings. The van der Waals surface area contributed by atoms with E-state index in [0.29, 0.717) is 5.76 Å². The first-order valence-corrected chi connectivity index (χ1v) is 6.37. The number of aromatic carboxylic acids is 1. The highest BCUT2D eigenvalue weighted by molar-refractivity contribution is 5.84. The molecule has 0 saturated heterocycles. The second-order valence-electron chi connectivity index (χ2n) is 4.21. The first-order valence-electron chi connectivity index (χ1n) is 6.37. The maximum Gasteiger partial charge on any atom is 0.371 e. The van der Waals surface area contributed by atoms with Crippen LogP contribution in [0.3, 0.4) is 0 Å². The third kappa shape index (κ3) is 4.16. The van der Waals surface area contributed by atoms with Crippen LogP contribution in [0, 0.1) is 0 Å². The standard InChI is InChI=1S/C13H22N2O3/c1-4-15(5-2)9-8-14-10(3)11-6-7-12(18-11)13(16)17/h6-7,10,14H,4-5,8-9H2,1-3H3,(H,16,17). The van der Waals surface area contributed by atoms with Crippen LogP contribution < -0.4 is 5.32 Å². The van der Waals surface area contributed by atoms with Crippen molar-refractivity contribution in [3.05, 3.63) is 23.7 Å². The molecule has 1 aromatic rings. The van der Waals surface area contributed by atoms with Gasteiger partial charge in [-0.3, -0.25) is 0 Å². The van der Waals surface area contributed by atoms with Crippen molar-refractivity contribution in [1.29, 1.82) is 0 Å². The van der Waals surface area contributed by atoms with Gasteiger partial charge in [-0.15, -0.1) is 0 Å². The molecule has 1 heterocycles. The molecule has 0 bridgehead atoms. The largest absolute Gasteiger partial charge is 0.475 e. The lowest BCUT2D eigenvalue weighted by Crippen LogP contribution is -2.32.